The number of halogens is 2. The highest BCUT2D eigenvalue weighted by Crippen LogP contribution is 2.42. The maximum atomic E-state index is 12.7. The maximum Gasteiger partial charge on any atom is 0.227 e. The Bertz CT molecular complexity index is 611. The predicted octanol–water partition coefficient (Wildman–Crippen LogP) is 2.86. The first kappa shape index (κ1) is 20.5. The van der Waals surface area contributed by atoms with Crippen molar-refractivity contribution in [2.45, 2.75) is 32.7 Å². The molecule has 2 aliphatic heterocycles. The van der Waals surface area contributed by atoms with Gasteiger partial charge in [0, 0.05) is 36.1 Å². The fourth-order valence-electron chi connectivity index (χ4n) is 4.21. The van der Waals surface area contributed by atoms with Crippen molar-refractivity contribution in [2.75, 3.05) is 32.8 Å². The molecule has 2 aliphatic rings. The van der Waals surface area contributed by atoms with Crippen molar-refractivity contribution >= 4 is 29.9 Å². The third kappa shape index (κ3) is 4.30. The van der Waals surface area contributed by atoms with E-state index in [4.69, 9.17) is 11.6 Å². The van der Waals surface area contributed by atoms with Crippen LogP contribution in [0.4, 0.5) is 0 Å². The first-order valence-electron chi connectivity index (χ1n) is 8.81. The molecule has 0 radical (unpaired) electrons. The van der Waals surface area contributed by atoms with Gasteiger partial charge in [-0.05, 0) is 50.4 Å². The van der Waals surface area contributed by atoms with Crippen LogP contribution in [0.15, 0.2) is 24.3 Å². The van der Waals surface area contributed by atoms with Gasteiger partial charge in [-0.3, -0.25) is 4.79 Å². The highest BCUT2D eigenvalue weighted by atomic mass is 35.5. The smallest absolute Gasteiger partial charge is 0.227 e. The minimum absolute atomic E-state index is 0. The second kappa shape index (κ2) is 8.26. The van der Waals surface area contributed by atoms with Crippen molar-refractivity contribution in [1.29, 1.82) is 0 Å². The molecule has 3 rings (SSSR count). The Kier molecular flexibility index (Phi) is 6.77. The summed E-state index contributed by atoms with van der Waals surface area (Å²) in [5, 5.41) is 10.8. The van der Waals surface area contributed by atoms with E-state index >= 15 is 0 Å². The lowest BCUT2D eigenvalue weighted by Crippen LogP contribution is -2.52. The second-order valence-electron chi connectivity index (χ2n) is 7.65. The number of likely N-dealkylation sites (tertiary alicyclic amines) is 2. The number of piperidine rings is 1. The molecule has 0 bridgehead atoms. The van der Waals surface area contributed by atoms with Gasteiger partial charge in [-0.15, -0.1) is 12.4 Å². The van der Waals surface area contributed by atoms with Crippen LogP contribution in [0.3, 0.4) is 0 Å². The van der Waals surface area contributed by atoms with Crippen molar-refractivity contribution in [3.05, 3.63) is 34.9 Å². The van der Waals surface area contributed by atoms with Crippen molar-refractivity contribution in [2.24, 2.45) is 11.3 Å². The van der Waals surface area contributed by atoms with Crippen LogP contribution >= 0.6 is 24.0 Å². The average molecular weight is 387 g/mol. The van der Waals surface area contributed by atoms with Gasteiger partial charge in [0.05, 0.1) is 13.0 Å². The molecule has 0 saturated carbocycles. The third-order valence-corrected chi connectivity index (χ3v) is 5.97. The molecular formula is C19H28Cl2N2O2. The van der Waals surface area contributed by atoms with Crippen LogP contribution in [0.2, 0.25) is 5.02 Å². The van der Waals surface area contributed by atoms with Crippen LogP contribution in [0, 0.1) is 11.3 Å². The van der Waals surface area contributed by atoms with Crippen LogP contribution in [0.5, 0.6) is 0 Å². The van der Waals surface area contributed by atoms with Gasteiger partial charge < -0.3 is 14.9 Å². The number of benzene rings is 1. The van der Waals surface area contributed by atoms with Crippen LogP contribution in [0.25, 0.3) is 0 Å². The third-order valence-electron chi connectivity index (χ3n) is 5.74. The highest BCUT2D eigenvalue weighted by molar-refractivity contribution is 6.30. The summed E-state index contributed by atoms with van der Waals surface area (Å²) >= 11 is 6.01. The van der Waals surface area contributed by atoms with E-state index in [0.29, 0.717) is 29.9 Å². The van der Waals surface area contributed by atoms with E-state index in [1.165, 1.54) is 0 Å². The van der Waals surface area contributed by atoms with E-state index in [1.807, 2.05) is 29.2 Å². The molecule has 0 aliphatic carbocycles. The second-order valence-corrected chi connectivity index (χ2v) is 8.09. The molecule has 1 N–H and O–H groups in total. The number of hydrogen-bond donors (Lipinski definition) is 1. The Balaban J connectivity index is 0.00000225. The van der Waals surface area contributed by atoms with E-state index in [1.54, 1.807) is 0 Å². The SMILES string of the molecule is CC(C)N1CC[C@@H]2CN(C(=O)Cc3cccc(Cl)c3)C[C@]2(CO)C1.Cl. The number of amides is 1. The van der Waals surface area contributed by atoms with E-state index in [0.717, 1.165) is 31.6 Å². The number of hydrogen-bond acceptors (Lipinski definition) is 3. The summed E-state index contributed by atoms with van der Waals surface area (Å²) < 4.78 is 0. The molecule has 1 amide bonds. The number of carbonyl (C=O) groups is 1. The summed E-state index contributed by atoms with van der Waals surface area (Å²) in [7, 11) is 0. The highest BCUT2D eigenvalue weighted by Gasteiger charge is 2.50. The predicted molar refractivity (Wildman–Crippen MR) is 103 cm³/mol. The van der Waals surface area contributed by atoms with E-state index in [-0.39, 0.29) is 30.3 Å². The fourth-order valence-corrected chi connectivity index (χ4v) is 4.42. The molecule has 2 heterocycles. The first-order valence-corrected chi connectivity index (χ1v) is 9.18. The summed E-state index contributed by atoms with van der Waals surface area (Å²) in [5.74, 6) is 0.538. The van der Waals surface area contributed by atoms with E-state index < -0.39 is 0 Å². The molecule has 0 unspecified atom stereocenters. The molecule has 4 nitrogen and oxygen atoms in total. The summed E-state index contributed by atoms with van der Waals surface area (Å²) in [6.07, 6.45) is 1.43. The maximum absolute atomic E-state index is 12.7. The molecule has 6 heteroatoms. The van der Waals surface area contributed by atoms with Crippen LogP contribution < -0.4 is 0 Å². The van der Waals surface area contributed by atoms with Crippen LogP contribution in [-0.4, -0.2) is 59.6 Å². The topological polar surface area (TPSA) is 43.8 Å². The Hall–Kier alpha value is -0.810. The molecule has 140 valence electrons. The van der Waals surface area contributed by atoms with Gasteiger partial charge in [0.15, 0.2) is 0 Å². The molecule has 2 fully saturated rings. The Labute approximate surface area is 161 Å². The fraction of sp³-hybridized carbons (Fsp3) is 0.632. The normalized spacial score (nSPS) is 26.4. The summed E-state index contributed by atoms with van der Waals surface area (Å²) in [4.78, 5) is 17.1. The molecule has 2 atom stereocenters. The van der Waals surface area contributed by atoms with Crippen LogP contribution in [0.1, 0.15) is 25.8 Å². The molecule has 0 spiro atoms. The van der Waals surface area contributed by atoms with Gasteiger partial charge in [-0.25, -0.2) is 0 Å². The lowest BCUT2D eigenvalue weighted by Gasteiger charge is -2.44. The molecule has 2 saturated heterocycles. The number of fused-ring (bicyclic) bond motifs is 1. The van der Waals surface area contributed by atoms with Gasteiger partial charge in [-0.1, -0.05) is 23.7 Å². The van der Waals surface area contributed by atoms with Crippen molar-refractivity contribution in [1.82, 2.24) is 9.80 Å². The number of aliphatic hydroxyl groups is 1. The van der Waals surface area contributed by atoms with E-state index in [9.17, 15) is 9.90 Å². The molecule has 1 aromatic rings. The summed E-state index contributed by atoms with van der Waals surface area (Å²) in [6, 6.07) is 7.97. The minimum Gasteiger partial charge on any atom is -0.396 e. The van der Waals surface area contributed by atoms with Gasteiger partial charge in [0.25, 0.3) is 0 Å². The van der Waals surface area contributed by atoms with Gasteiger partial charge >= 0.3 is 0 Å². The summed E-state index contributed by atoms with van der Waals surface area (Å²) in [5.41, 5.74) is 0.788. The molecule has 0 aromatic heterocycles. The number of rotatable bonds is 4. The van der Waals surface area contributed by atoms with E-state index in [2.05, 4.69) is 18.7 Å². The number of carbonyl (C=O) groups excluding carboxylic acids is 1. The zero-order valence-corrected chi connectivity index (χ0v) is 16.5. The van der Waals surface area contributed by atoms with Gasteiger partial charge in [-0.2, -0.15) is 0 Å². The largest absolute Gasteiger partial charge is 0.396 e. The van der Waals surface area contributed by atoms with Crippen LogP contribution in [-0.2, 0) is 11.2 Å². The molecule has 1 aromatic carbocycles. The average Bonchev–Trinajstić information content (AvgIpc) is 2.94. The Morgan fingerprint density at radius 2 is 2.16 bits per heavy atom. The van der Waals surface area contributed by atoms with Gasteiger partial charge in [0.2, 0.25) is 5.91 Å². The summed E-state index contributed by atoms with van der Waals surface area (Å²) in [6.45, 7) is 7.92. The minimum atomic E-state index is -0.160. The Morgan fingerprint density at radius 1 is 1.40 bits per heavy atom. The lowest BCUT2D eigenvalue weighted by molar-refractivity contribution is -0.130. The van der Waals surface area contributed by atoms with Crippen molar-refractivity contribution in [3.63, 3.8) is 0 Å². The standard InChI is InChI=1S/C19H27ClN2O2.ClH/c1-14(2)21-7-6-16-10-22(12-19(16,11-21)13-23)18(24)9-15-4-3-5-17(20)8-15;/h3-5,8,14,16,23H,6-7,9-13H2,1-2H3;1H/t16-,19+;/m1./s1. The zero-order chi connectivity index (χ0) is 17.3. The molecule has 25 heavy (non-hydrogen) atoms. The van der Waals surface area contributed by atoms with Gasteiger partial charge in [0.1, 0.15) is 0 Å². The first-order chi connectivity index (χ1) is 11.4. The zero-order valence-electron chi connectivity index (χ0n) is 14.9. The van der Waals surface area contributed by atoms with Crippen molar-refractivity contribution < 1.29 is 9.90 Å². The number of aliphatic hydroxyl groups excluding tert-OH is 1. The Morgan fingerprint density at radius 3 is 2.80 bits per heavy atom. The monoisotopic (exact) mass is 386 g/mol. The lowest BCUT2D eigenvalue weighted by atomic mass is 9.73. The quantitative estimate of drug-likeness (QED) is 0.864. The number of nitrogens with zero attached hydrogens (tertiary/aromatic N) is 2. The van der Waals surface area contributed by atoms with Crippen molar-refractivity contribution in [3.8, 4) is 0 Å². The molecular weight excluding hydrogens is 359 g/mol.